The predicted octanol–water partition coefficient (Wildman–Crippen LogP) is 3.02. The van der Waals surface area contributed by atoms with Crippen LogP contribution in [-0.4, -0.2) is 16.5 Å². The molecule has 0 unspecified atom stereocenters. The van der Waals surface area contributed by atoms with Gasteiger partial charge >= 0.3 is 0 Å². The maximum Gasteiger partial charge on any atom is 0.150 e. The van der Waals surface area contributed by atoms with Crippen LogP contribution in [0.15, 0.2) is 36.5 Å². The Morgan fingerprint density at radius 2 is 1.95 bits per heavy atom. The molecule has 6 heteroatoms. The molecule has 1 aromatic carbocycles. The van der Waals surface area contributed by atoms with Crippen molar-refractivity contribution in [3.8, 4) is 0 Å². The molecule has 0 amide bonds. The van der Waals surface area contributed by atoms with E-state index in [9.17, 15) is 8.78 Å². The van der Waals surface area contributed by atoms with Gasteiger partial charge in [-0.1, -0.05) is 18.3 Å². The molecule has 0 saturated heterocycles. The summed E-state index contributed by atoms with van der Waals surface area (Å²) in [4.78, 5) is 5.71. The van der Waals surface area contributed by atoms with Crippen LogP contribution >= 0.6 is 12.2 Å². The highest BCUT2D eigenvalue weighted by Crippen LogP contribution is 2.26. The lowest BCUT2D eigenvalue weighted by atomic mass is 10.1. The Bertz CT molecular complexity index is 624. The van der Waals surface area contributed by atoms with Crippen molar-refractivity contribution >= 4 is 22.9 Å². The van der Waals surface area contributed by atoms with Crippen molar-refractivity contribution in [2.24, 2.45) is 5.73 Å². The molecule has 0 atom stereocenters. The Morgan fingerprint density at radius 3 is 2.43 bits per heavy atom. The van der Waals surface area contributed by atoms with Crippen molar-refractivity contribution in [2.75, 3.05) is 11.4 Å². The quantitative estimate of drug-likeness (QED) is 0.862. The number of nitrogens with zero attached hydrogens (tertiary/aromatic N) is 2. The molecule has 0 radical (unpaired) electrons. The van der Waals surface area contributed by atoms with Gasteiger partial charge in [0.2, 0.25) is 0 Å². The number of pyridine rings is 1. The smallest absolute Gasteiger partial charge is 0.150 e. The number of thiocarbonyl (C=S) groups is 1. The van der Waals surface area contributed by atoms with Gasteiger partial charge in [0.05, 0.1) is 12.2 Å². The van der Waals surface area contributed by atoms with Crippen molar-refractivity contribution in [1.29, 1.82) is 0 Å². The highest BCUT2D eigenvalue weighted by atomic mass is 32.1. The van der Waals surface area contributed by atoms with Crippen molar-refractivity contribution < 1.29 is 8.78 Å². The Kier molecular flexibility index (Phi) is 4.80. The molecule has 0 aliphatic heterocycles. The minimum atomic E-state index is -0.685. The first-order valence-electron chi connectivity index (χ1n) is 6.46. The zero-order valence-corrected chi connectivity index (χ0v) is 12.3. The van der Waals surface area contributed by atoms with Gasteiger partial charge in [-0.15, -0.1) is 0 Å². The minimum absolute atomic E-state index is 0.0351. The van der Waals surface area contributed by atoms with E-state index in [0.29, 0.717) is 13.1 Å². The van der Waals surface area contributed by atoms with E-state index >= 15 is 0 Å². The molecular formula is C15H15F2N3S. The van der Waals surface area contributed by atoms with E-state index in [2.05, 4.69) is 4.98 Å². The van der Waals surface area contributed by atoms with E-state index in [0.717, 1.165) is 17.8 Å². The maximum absolute atomic E-state index is 14.2. The largest absolute Gasteiger partial charge is 0.389 e. The lowest BCUT2D eigenvalue weighted by Gasteiger charge is -2.24. The zero-order chi connectivity index (χ0) is 15.4. The number of hydrogen-bond acceptors (Lipinski definition) is 3. The highest BCUT2D eigenvalue weighted by molar-refractivity contribution is 7.80. The summed E-state index contributed by atoms with van der Waals surface area (Å²) >= 11 is 4.74. The fourth-order valence-electron chi connectivity index (χ4n) is 2.05. The molecule has 0 aliphatic carbocycles. The molecule has 21 heavy (non-hydrogen) atoms. The Hall–Kier alpha value is -2.08. The topological polar surface area (TPSA) is 42.2 Å². The summed E-state index contributed by atoms with van der Waals surface area (Å²) in [7, 11) is 0. The summed E-state index contributed by atoms with van der Waals surface area (Å²) < 4.78 is 28.4. The summed E-state index contributed by atoms with van der Waals surface area (Å²) in [6.07, 6.45) is 1.64. The third-order valence-corrected chi connectivity index (χ3v) is 3.31. The standard InChI is InChI=1S/C15H15F2N3S/c1-2-20(9-11-5-3-4-6-19-11)14-12(16)7-10(15(18)21)8-13(14)17/h3-8H,2,9H2,1H3,(H2,18,21). The van der Waals surface area contributed by atoms with Gasteiger partial charge in [0.25, 0.3) is 0 Å². The summed E-state index contributed by atoms with van der Waals surface area (Å²) in [5.74, 6) is -1.37. The minimum Gasteiger partial charge on any atom is -0.389 e. The van der Waals surface area contributed by atoms with E-state index in [1.807, 2.05) is 19.1 Å². The van der Waals surface area contributed by atoms with Crippen molar-refractivity contribution in [3.63, 3.8) is 0 Å². The summed E-state index contributed by atoms with van der Waals surface area (Å²) in [6, 6.07) is 7.74. The molecule has 0 saturated carbocycles. The lowest BCUT2D eigenvalue weighted by molar-refractivity contribution is 0.570. The monoisotopic (exact) mass is 307 g/mol. The Labute approximate surface area is 127 Å². The number of anilines is 1. The SMILES string of the molecule is CCN(Cc1ccccn1)c1c(F)cc(C(N)=S)cc1F. The zero-order valence-electron chi connectivity index (χ0n) is 11.5. The third kappa shape index (κ3) is 3.52. The number of aromatic nitrogens is 1. The van der Waals surface area contributed by atoms with Crippen LogP contribution in [0.3, 0.4) is 0 Å². The average molecular weight is 307 g/mol. The molecule has 2 N–H and O–H groups in total. The normalized spacial score (nSPS) is 10.4. The first kappa shape index (κ1) is 15.3. The van der Waals surface area contributed by atoms with E-state index in [4.69, 9.17) is 18.0 Å². The van der Waals surface area contributed by atoms with E-state index in [1.165, 1.54) is 0 Å². The molecule has 0 spiro atoms. The van der Waals surface area contributed by atoms with Crippen molar-refractivity contribution in [1.82, 2.24) is 4.98 Å². The second-order valence-electron chi connectivity index (χ2n) is 4.49. The van der Waals surface area contributed by atoms with Gasteiger partial charge in [-0.25, -0.2) is 8.78 Å². The third-order valence-electron chi connectivity index (χ3n) is 3.08. The van der Waals surface area contributed by atoms with Crippen LogP contribution in [-0.2, 0) is 6.54 Å². The van der Waals surface area contributed by atoms with Crippen LogP contribution in [0.1, 0.15) is 18.2 Å². The number of nitrogens with two attached hydrogens (primary N) is 1. The van der Waals surface area contributed by atoms with Gasteiger partial charge in [0, 0.05) is 18.3 Å². The van der Waals surface area contributed by atoms with Gasteiger partial charge in [0.1, 0.15) is 22.3 Å². The van der Waals surface area contributed by atoms with Gasteiger partial charge < -0.3 is 10.6 Å². The first-order chi connectivity index (χ1) is 10.0. The average Bonchev–Trinajstić information content (AvgIpc) is 2.46. The number of rotatable bonds is 5. The van der Waals surface area contributed by atoms with Crippen LogP contribution in [0.5, 0.6) is 0 Å². The summed E-state index contributed by atoms with van der Waals surface area (Å²) in [5, 5.41) is 0. The van der Waals surface area contributed by atoms with Gasteiger partial charge in [-0.05, 0) is 31.2 Å². The fraction of sp³-hybridized carbons (Fsp3) is 0.200. The molecule has 0 fully saturated rings. The van der Waals surface area contributed by atoms with Crippen LogP contribution in [0.2, 0.25) is 0 Å². The molecule has 3 nitrogen and oxygen atoms in total. The molecule has 0 bridgehead atoms. The molecule has 0 aliphatic rings. The lowest BCUT2D eigenvalue weighted by Crippen LogP contribution is -2.25. The van der Waals surface area contributed by atoms with Crippen LogP contribution in [0, 0.1) is 11.6 Å². The van der Waals surface area contributed by atoms with E-state index in [1.54, 1.807) is 17.2 Å². The maximum atomic E-state index is 14.2. The van der Waals surface area contributed by atoms with Crippen molar-refractivity contribution in [3.05, 3.63) is 59.4 Å². The first-order valence-corrected chi connectivity index (χ1v) is 6.87. The molecule has 110 valence electrons. The predicted molar refractivity (Wildman–Crippen MR) is 83.2 cm³/mol. The van der Waals surface area contributed by atoms with Crippen LogP contribution in [0.25, 0.3) is 0 Å². The number of hydrogen-bond donors (Lipinski definition) is 1. The second-order valence-corrected chi connectivity index (χ2v) is 4.93. The fourth-order valence-corrected chi connectivity index (χ4v) is 2.16. The highest BCUT2D eigenvalue weighted by Gasteiger charge is 2.18. The van der Waals surface area contributed by atoms with Crippen molar-refractivity contribution in [2.45, 2.75) is 13.5 Å². The molecule has 2 rings (SSSR count). The van der Waals surface area contributed by atoms with Gasteiger partial charge in [0.15, 0.2) is 0 Å². The number of benzene rings is 1. The second kappa shape index (κ2) is 6.58. The summed E-state index contributed by atoms with van der Waals surface area (Å²) in [6.45, 7) is 2.58. The molecule has 2 aromatic rings. The van der Waals surface area contributed by atoms with Gasteiger partial charge in [-0.2, -0.15) is 0 Å². The summed E-state index contributed by atoms with van der Waals surface area (Å²) in [5.41, 5.74) is 6.23. The van der Waals surface area contributed by atoms with Crippen LogP contribution < -0.4 is 10.6 Å². The van der Waals surface area contributed by atoms with E-state index < -0.39 is 11.6 Å². The Balaban J connectivity index is 2.36. The Morgan fingerprint density at radius 1 is 1.29 bits per heavy atom. The molecular weight excluding hydrogens is 292 g/mol. The van der Waals surface area contributed by atoms with Crippen LogP contribution in [0.4, 0.5) is 14.5 Å². The van der Waals surface area contributed by atoms with E-state index in [-0.39, 0.29) is 16.2 Å². The number of halogens is 2. The van der Waals surface area contributed by atoms with Gasteiger partial charge in [-0.3, -0.25) is 4.98 Å². The molecule has 1 heterocycles. The molecule has 1 aromatic heterocycles.